The zero-order chi connectivity index (χ0) is 8.10. The van der Waals surface area contributed by atoms with Crippen molar-refractivity contribution in [2.75, 3.05) is 6.54 Å². The Kier molecular flexibility index (Phi) is 3.87. The number of rotatable bonds is 3. The molecule has 0 heterocycles. The molecule has 2 heteroatoms. The van der Waals surface area contributed by atoms with E-state index in [1.807, 2.05) is 0 Å². The Morgan fingerprint density at radius 2 is 1.82 bits per heavy atom. The third-order valence-electron chi connectivity index (χ3n) is 2.66. The van der Waals surface area contributed by atoms with Gasteiger partial charge in [-0.1, -0.05) is 32.1 Å². The van der Waals surface area contributed by atoms with Crippen molar-refractivity contribution in [3.63, 3.8) is 0 Å². The van der Waals surface area contributed by atoms with Gasteiger partial charge in [-0.25, -0.2) is 0 Å². The first-order valence-electron chi connectivity index (χ1n) is 4.78. The SMILES string of the molecule is NCC(N)CC1CCCCC1. The van der Waals surface area contributed by atoms with Crippen LogP contribution in [0.15, 0.2) is 0 Å². The average Bonchev–Trinajstić information content (AvgIpc) is 2.06. The number of hydrogen-bond donors (Lipinski definition) is 2. The Balaban J connectivity index is 2.13. The minimum absolute atomic E-state index is 0.248. The van der Waals surface area contributed by atoms with E-state index < -0.39 is 0 Å². The largest absolute Gasteiger partial charge is 0.329 e. The molecule has 1 aliphatic rings. The summed E-state index contributed by atoms with van der Waals surface area (Å²) in [5.74, 6) is 0.877. The molecule has 2 nitrogen and oxygen atoms in total. The van der Waals surface area contributed by atoms with E-state index in [2.05, 4.69) is 0 Å². The molecule has 1 aliphatic carbocycles. The fourth-order valence-electron chi connectivity index (χ4n) is 1.95. The molecule has 1 fully saturated rings. The predicted octanol–water partition coefficient (Wildman–Crippen LogP) is 1.24. The lowest BCUT2D eigenvalue weighted by Crippen LogP contribution is -2.32. The lowest BCUT2D eigenvalue weighted by molar-refractivity contribution is 0.319. The van der Waals surface area contributed by atoms with Crippen LogP contribution in [-0.4, -0.2) is 12.6 Å². The lowest BCUT2D eigenvalue weighted by atomic mass is 9.85. The zero-order valence-electron chi connectivity index (χ0n) is 7.26. The molecular weight excluding hydrogens is 136 g/mol. The van der Waals surface area contributed by atoms with Crippen LogP contribution in [0.1, 0.15) is 38.5 Å². The normalized spacial score (nSPS) is 23.5. The molecule has 66 valence electrons. The lowest BCUT2D eigenvalue weighted by Gasteiger charge is -2.23. The molecule has 0 saturated heterocycles. The van der Waals surface area contributed by atoms with Gasteiger partial charge in [0, 0.05) is 12.6 Å². The Hall–Kier alpha value is -0.0800. The second-order valence-corrected chi connectivity index (χ2v) is 3.74. The quantitative estimate of drug-likeness (QED) is 0.646. The number of nitrogens with two attached hydrogens (primary N) is 2. The van der Waals surface area contributed by atoms with Crippen LogP contribution in [0.4, 0.5) is 0 Å². The second kappa shape index (κ2) is 4.73. The summed E-state index contributed by atoms with van der Waals surface area (Å²) in [5, 5.41) is 0. The minimum Gasteiger partial charge on any atom is -0.329 e. The summed E-state index contributed by atoms with van der Waals surface area (Å²) in [5.41, 5.74) is 11.2. The molecule has 0 amide bonds. The maximum absolute atomic E-state index is 5.78. The smallest absolute Gasteiger partial charge is 0.0165 e. The summed E-state index contributed by atoms with van der Waals surface area (Å²) < 4.78 is 0. The fourth-order valence-corrected chi connectivity index (χ4v) is 1.95. The first-order chi connectivity index (χ1) is 5.33. The summed E-state index contributed by atoms with van der Waals surface area (Å²) in [7, 11) is 0. The summed E-state index contributed by atoms with van der Waals surface area (Å²) >= 11 is 0. The van der Waals surface area contributed by atoms with Gasteiger partial charge >= 0.3 is 0 Å². The van der Waals surface area contributed by atoms with E-state index in [-0.39, 0.29) is 6.04 Å². The second-order valence-electron chi connectivity index (χ2n) is 3.74. The molecule has 0 aromatic rings. The van der Waals surface area contributed by atoms with Crippen LogP contribution in [0.3, 0.4) is 0 Å². The van der Waals surface area contributed by atoms with Crippen molar-refractivity contribution in [1.82, 2.24) is 0 Å². The monoisotopic (exact) mass is 156 g/mol. The van der Waals surface area contributed by atoms with Crippen molar-refractivity contribution < 1.29 is 0 Å². The van der Waals surface area contributed by atoms with Gasteiger partial charge in [0.2, 0.25) is 0 Å². The molecule has 0 aliphatic heterocycles. The van der Waals surface area contributed by atoms with E-state index in [9.17, 15) is 0 Å². The van der Waals surface area contributed by atoms with Gasteiger partial charge in [-0.2, -0.15) is 0 Å². The molecule has 0 spiro atoms. The van der Waals surface area contributed by atoms with Crippen molar-refractivity contribution in [2.24, 2.45) is 17.4 Å². The van der Waals surface area contributed by atoms with E-state index in [1.54, 1.807) is 0 Å². The van der Waals surface area contributed by atoms with Crippen molar-refractivity contribution in [1.29, 1.82) is 0 Å². The molecule has 0 radical (unpaired) electrons. The summed E-state index contributed by atoms with van der Waals surface area (Å²) in [6.45, 7) is 0.649. The van der Waals surface area contributed by atoms with Crippen LogP contribution < -0.4 is 11.5 Å². The van der Waals surface area contributed by atoms with Gasteiger partial charge in [-0.05, 0) is 12.3 Å². The van der Waals surface area contributed by atoms with E-state index in [0.29, 0.717) is 6.54 Å². The summed E-state index contributed by atoms with van der Waals surface area (Å²) in [6.07, 6.45) is 8.15. The van der Waals surface area contributed by atoms with Crippen LogP contribution in [-0.2, 0) is 0 Å². The molecule has 1 saturated carbocycles. The Labute approximate surface area is 69.3 Å². The Bertz CT molecular complexity index is 97.7. The van der Waals surface area contributed by atoms with Gasteiger partial charge in [-0.3, -0.25) is 0 Å². The Morgan fingerprint density at radius 3 is 2.36 bits per heavy atom. The minimum atomic E-state index is 0.248. The van der Waals surface area contributed by atoms with Crippen LogP contribution in [0.5, 0.6) is 0 Å². The molecule has 11 heavy (non-hydrogen) atoms. The van der Waals surface area contributed by atoms with Crippen molar-refractivity contribution >= 4 is 0 Å². The first kappa shape index (κ1) is 9.01. The van der Waals surface area contributed by atoms with E-state index in [1.165, 1.54) is 32.1 Å². The average molecular weight is 156 g/mol. The van der Waals surface area contributed by atoms with Crippen LogP contribution >= 0.6 is 0 Å². The Morgan fingerprint density at radius 1 is 1.18 bits per heavy atom. The zero-order valence-corrected chi connectivity index (χ0v) is 7.26. The fraction of sp³-hybridized carbons (Fsp3) is 1.00. The van der Waals surface area contributed by atoms with Gasteiger partial charge in [0.15, 0.2) is 0 Å². The van der Waals surface area contributed by atoms with Gasteiger partial charge in [0.1, 0.15) is 0 Å². The van der Waals surface area contributed by atoms with Gasteiger partial charge < -0.3 is 11.5 Å². The number of hydrogen-bond acceptors (Lipinski definition) is 2. The predicted molar refractivity (Wildman–Crippen MR) is 48.2 cm³/mol. The molecule has 0 bridgehead atoms. The van der Waals surface area contributed by atoms with E-state index in [4.69, 9.17) is 11.5 Å². The molecule has 0 aromatic heterocycles. The molecular formula is C9H20N2. The van der Waals surface area contributed by atoms with Crippen molar-refractivity contribution in [3.05, 3.63) is 0 Å². The van der Waals surface area contributed by atoms with Crippen LogP contribution in [0, 0.1) is 5.92 Å². The maximum atomic E-state index is 5.78. The summed E-state index contributed by atoms with van der Waals surface area (Å²) in [4.78, 5) is 0. The highest BCUT2D eigenvalue weighted by Gasteiger charge is 2.15. The molecule has 4 N–H and O–H groups in total. The van der Waals surface area contributed by atoms with Crippen molar-refractivity contribution in [2.45, 2.75) is 44.6 Å². The standard InChI is InChI=1S/C9H20N2/c10-7-9(11)6-8-4-2-1-3-5-8/h8-9H,1-7,10-11H2. The van der Waals surface area contributed by atoms with Crippen LogP contribution in [0.2, 0.25) is 0 Å². The highest BCUT2D eigenvalue weighted by molar-refractivity contribution is 4.72. The third-order valence-corrected chi connectivity index (χ3v) is 2.66. The third kappa shape index (κ3) is 3.21. The highest BCUT2D eigenvalue weighted by atomic mass is 14.7. The topological polar surface area (TPSA) is 52.0 Å². The van der Waals surface area contributed by atoms with Crippen molar-refractivity contribution in [3.8, 4) is 0 Å². The first-order valence-corrected chi connectivity index (χ1v) is 4.78. The molecule has 0 aromatic carbocycles. The van der Waals surface area contributed by atoms with E-state index >= 15 is 0 Å². The molecule has 1 atom stereocenters. The molecule has 1 unspecified atom stereocenters. The summed E-state index contributed by atoms with van der Waals surface area (Å²) in [6, 6.07) is 0.248. The van der Waals surface area contributed by atoms with Crippen LogP contribution in [0.25, 0.3) is 0 Å². The maximum Gasteiger partial charge on any atom is 0.0165 e. The van der Waals surface area contributed by atoms with Gasteiger partial charge in [-0.15, -0.1) is 0 Å². The van der Waals surface area contributed by atoms with Gasteiger partial charge in [0.25, 0.3) is 0 Å². The highest BCUT2D eigenvalue weighted by Crippen LogP contribution is 2.26. The van der Waals surface area contributed by atoms with Gasteiger partial charge in [0.05, 0.1) is 0 Å². The van der Waals surface area contributed by atoms with E-state index in [0.717, 1.165) is 12.3 Å². The molecule has 1 rings (SSSR count).